The van der Waals surface area contributed by atoms with Gasteiger partial charge in [-0.3, -0.25) is 0 Å². The molecule has 1 heterocycles. The van der Waals surface area contributed by atoms with E-state index in [1.54, 1.807) is 0 Å². The summed E-state index contributed by atoms with van der Waals surface area (Å²) < 4.78 is 10.9. The van der Waals surface area contributed by atoms with Gasteiger partial charge in [-0.1, -0.05) is 32.9 Å². The first-order valence-corrected chi connectivity index (χ1v) is 6.96. The van der Waals surface area contributed by atoms with Crippen molar-refractivity contribution in [3.05, 3.63) is 29.8 Å². The molecule has 0 saturated carbocycles. The Labute approximate surface area is 115 Å². The van der Waals surface area contributed by atoms with Crippen LogP contribution in [0.25, 0.3) is 0 Å². The van der Waals surface area contributed by atoms with Crippen molar-refractivity contribution in [1.82, 2.24) is 0 Å². The summed E-state index contributed by atoms with van der Waals surface area (Å²) in [5.74, 6) is 1.03. The first kappa shape index (κ1) is 14.4. The third-order valence-electron chi connectivity index (χ3n) is 3.65. The van der Waals surface area contributed by atoms with Crippen molar-refractivity contribution in [3.8, 4) is 5.75 Å². The molecule has 3 heteroatoms. The fourth-order valence-electron chi connectivity index (χ4n) is 2.23. The molecule has 0 spiro atoms. The van der Waals surface area contributed by atoms with Crippen molar-refractivity contribution in [2.45, 2.75) is 38.7 Å². The molecule has 0 radical (unpaired) electrons. The van der Waals surface area contributed by atoms with Gasteiger partial charge in [0.2, 0.25) is 0 Å². The largest absolute Gasteiger partial charge is 0.491 e. The van der Waals surface area contributed by atoms with Crippen LogP contribution in [-0.2, 0) is 10.2 Å². The highest BCUT2D eigenvalue weighted by atomic mass is 16.5. The van der Waals surface area contributed by atoms with Gasteiger partial charge in [-0.15, -0.1) is 0 Å². The van der Waals surface area contributed by atoms with Gasteiger partial charge in [-0.05, 0) is 29.5 Å². The summed E-state index contributed by atoms with van der Waals surface area (Å²) in [5.41, 5.74) is 1.43. The number of rotatable bonds is 4. The van der Waals surface area contributed by atoms with Crippen LogP contribution in [0.1, 0.15) is 32.8 Å². The molecule has 1 N–H and O–H groups in total. The molecule has 106 valence electrons. The van der Waals surface area contributed by atoms with Gasteiger partial charge in [0, 0.05) is 12.5 Å². The maximum absolute atomic E-state index is 9.99. The summed E-state index contributed by atoms with van der Waals surface area (Å²) in [5, 5.41) is 9.99. The van der Waals surface area contributed by atoms with Gasteiger partial charge in [0.1, 0.15) is 12.4 Å². The quantitative estimate of drug-likeness (QED) is 0.909. The molecule has 0 amide bonds. The lowest BCUT2D eigenvalue weighted by Gasteiger charge is -2.20. The van der Waals surface area contributed by atoms with Gasteiger partial charge >= 0.3 is 0 Å². The standard InChI is InChI=1S/C16H24O3/c1-16(2,3)13-4-6-14(7-5-13)19-11-15(17)12-8-9-18-10-12/h4-7,12,15,17H,8-11H2,1-3H3. The number of aliphatic hydroxyl groups excluding tert-OH is 1. The maximum atomic E-state index is 9.99. The van der Waals surface area contributed by atoms with Crippen LogP contribution >= 0.6 is 0 Å². The normalized spacial score (nSPS) is 21.4. The first-order chi connectivity index (χ1) is 8.97. The van der Waals surface area contributed by atoms with Crippen molar-refractivity contribution < 1.29 is 14.6 Å². The van der Waals surface area contributed by atoms with E-state index in [2.05, 4.69) is 32.9 Å². The molecule has 1 aromatic carbocycles. The van der Waals surface area contributed by atoms with Crippen molar-refractivity contribution in [3.63, 3.8) is 0 Å². The molecule has 2 rings (SSSR count). The van der Waals surface area contributed by atoms with Gasteiger partial charge < -0.3 is 14.6 Å². The Kier molecular flexibility index (Phi) is 4.48. The predicted octanol–water partition coefficient (Wildman–Crippen LogP) is 2.76. The van der Waals surface area contributed by atoms with Gasteiger partial charge in [0.25, 0.3) is 0 Å². The molecule has 0 bridgehead atoms. The molecule has 1 aromatic rings. The van der Waals surface area contributed by atoms with Crippen molar-refractivity contribution in [2.75, 3.05) is 19.8 Å². The third-order valence-corrected chi connectivity index (χ3v) is 3.65. The molecule has 1 aliphatic heterocycles. The highest BCUT2D eigenvalue weighted by Gasteiger charge is 2.24. The van der Waals surface area contributed by atoms with Gasteiger partial charge in [0.05, 0.1) is 12.7 Å². The molecular formula is C16H24O3. The van der Waals surface area contributed by atoms with E-state index >= 15 is 0 Å². The van der Waals surface area contributed by atoms with Crippen LogP contribution in [0.15, 0.2) is 24.3 Å². The molecular weight excluding hydrogens is 240 g/mol. The average Bonchev–Trinajstić information content (AvgIpc) is 2.89. The van der Waals surface area contributed by atoms with E-state index in [4.69, 9.17) is 9.47 Å². The monoisotopic (exact) mass is 264 g/mol. The Morgan fingerprint density at radius 1 is 1.32 bits per heavy atom. The van der Waals surface area contributed by atoms with Crippen LogP contribution in [-0.4, -0.2) is 31.0 Å². The Bertz CT molecular complexity index is 385. The van der Waals surface area contributed by atoms with Crippen LogP contribution in [0.5, 0.6) is 5.75 Å². The Morgan fingerprint density at radius 3 is 2.53 bits per heavy atom. The molecule has 1 fully saturated rings. The van der Waals surface area contributed by atoms with Crippen LogP contribution in [0.4, 0.5) is 0 Å². The van der Waals surface area contributed by atoms with E-state index in [9.17, 15) is 5.11 Å². The van der Waals surface area contributed by atoms with Gasteiger partial charge in [-0.25, -0.2) is 0 Å². The lowest BCUT2D eigenvalue weighted by molar-refractivity contribution is 0.0499. The highest BCUT2D eigenvalue weighted by Crippen LogP contribution is 2.24. The average molecular weight is 264 g/mol. The summed E-state index contributed by atoms with van der Waals surface area (Å²) in [4.78, 5) is 0. The Hall–Kier alpha value is -1.06. The fourth-order valence-corrected chi connectivity index (χ4v) is 2.23. The Balaban J connectivity index is 1.86. The fraction of sp³-hybridized carbons (Fsp3) is 0.625. The minimum atomic E-state index is -0.440. The smallest absolute Gasteiger partial charge is 0.119 e. The number of hydrogen-bond acceptors (Lipinski definition) is 3. The van der Waals surface area contributed by atoms with E-state index in [1.807, 2.05) is 12.1 Å². The van der Waals surface area contributed by atoms with Crippen molar-refractivity contribution in [2.24, 2.45) is 5.92 Å². The third kappa shape index (κ3) is 3.95. The molecule has 3 nitrogen and oxygen atoms in total. The number of ether oxygens (including phenoxy) is 2. The summed E-state index contributed by atoms with van der Waals surface area (Å²) in [6.45, 7) is 8.30. The molecule has 1 aliphatic rings. The molecule has 0 aliphatic carbocycles. The number of hydrogen-bond donors (Lipinski definition) is 1. The predicted molar refractivity (Wildman–Crippen MR) is 75.6 cm³/mol. The van der Waals surface area contributed by atoms with Crippen molar-refractivity contribution in [1.29, 1.82) is 0 Å². The first-order valence-electron chi connectivity index (χ1n) is 6.96. The second-order valence-electron chi connectivity index (χ2n) is 6.28. The van der Waals surface area contributed by atoms with E-state index in [0.29, 0.717) is 13.2 Å². The van der Waals surface area contributed by atoms with Crippen LogP contribution < -0.4 is 4.74 Å². The van der Waals surface area contributed by atoms with Gasteiger partial charge in [0.15, 0.2) is 0 Å². The summed E-state index contributed by atoms with van der Waals surface area (Å²) >= 11 is 0. The van der Waals surface area contributed by atoms with Crippen molar-refractivity contribution >= 4 is 0 Å². The van der Waals surface area contributed by atoms with E-state index in [0.717, 1.165) is 18.8 Å². The lowest BCUT2D eigenvalue weighted by atomic mass is 9.87. The number of benzene rings is 1. The van der Waals surface area contributed by atoms with Crippen LogP contribution in [0, 0.1) is 5.92 Å². The topological polar surface area (TPSA) is 38.7 Å². The maximum Gasteiger partial charge on any atom is 0.119 e. The Morgan fingerprint density at radius 2 is 2.00 bits per heavy atom. The van der Waals surface area contributed by atoms with E-state index < -0.39 is 6.10 Å². The zero-order valence-corrected chi connectivity index (χ0v) is 12.1. The van der Waals surface area contributed by atoms with Crippen LogP contribution in [0.2, 0.25) is 0 Å². The molecule has 19 heavy (non-hydrogen) atoms. The second kappa shape index (κ2) is 5.93. The summed E-state index contributed by atoms with van der Waals surface area (Å²) in [7, 11) is 0. The van der Waals surface area contributed by atoms with E-state index in [1.165, 1.54) is 5.56 Å². The molecule has 2 unspecified atom stereocenters. The van der Waals surface area contributed by atoms with Gasteiger partial charge in [-0.2, -0.15) is 0 Å². The highest BCUT2D eigenvalue weighted by molar-refractivity contribution is 5.31. The SMILES string of the molecule is CC(C)(C)c1ccc(OCC(O)C2CCOC2)cc1. The molecule has 2 atom stereocenters. The zero-order valence-electron chi connectivity index (χ0n) is 12.1. The minimum absolute atomic E-state index is 0.152. The molecule has 0 aromatic heterocycles. The summed E-state index contributed by atoms with van der Waals surface area (Å²) in [6, 6.07) is 8.11. The van der Waals surface area contributed by atoms with E-state index in [-0.39, 0.29) is 11.3 Å². The van der Waals surface area contributed by atoms with Crippen LogP contribution in [0.3, 0.4) is 0 Å². The second-order valence-corrected chi connectivity index (χ2v) is 6.28. The molecule has 1 saturated heterocycles. The minimum Gasteiger partial charge on any atom is -0.491 e. The number of aliphatic hydroxyl groups is 1. The zero-order chi connectivity index (χ0) is 13.9. The lowest BCUT2D eigenvalue weighted by Crippen LogP contribution is -2.27. The summed E-state index contributed by atoms with van der Waals surface area (Å²) in [6.07, 6.45) is 0.484.